The molecule has 0 saturated carbocycles. The van der Waals surface area contributed by atoms with Gasteiger partial charge in [0.2, 0.25) is 5.88 Å². The summed E-state index contributed by atoms with van der Waals surface area (Å²) in [6.45, 7) is 0.239. The molecular formula is C25H23F3N2O5. The maximum absolute atomic E-state index is 12.9. The topological polar surface area (TPSA) is 110 Å². The Hall–Kier alpha value is -3.95. The second-order valence-electron chi connectivity index (χ2n) is 7.78. The van der Waals surface area contributed by atoms with E-state index in [1.165, 1.54) is 12.1 Å². The van der Waals surface area contributed by atoms with Gasteiger partial charge in [-0.3, -0.25) is 9.59 Å². The van der Waals surface area contributed by atoms with Crippen molar-refractivity contribution < 1.29 is 37.7 Å². The molecule has 1 aromatic heterocycles. The van der Waals surface area contributed by atoms with Crippen LogP contribution in [-0.4, -0.2) is 38.7 Å². The van der Waals surface area contributed by atoms with E-state index in [0.29, 0.717) is 30.5 Å². The summed E-state index contributed by atoms with van der Waals surface area (Å²) in [6.07, 6.45) is -2.93. The fraction of sp³-hybridized carbons (Fsp3) is 0.280. The third-order valence-electron chi connectivity index (χ3n) is 5.23. The van der Waals surface area contributed by atoms with Crippen LogP contribution in [0.5, 0.6) is 5.88 Å². The highest BCUT2D eigenvalue weighted by molar-refractivity contribution is 5.92. The quantitative estimate of drug-likeness (QED) is 0.269. The molecule has 2 N–H and O–H groups in total. The standard InChI is InChI=1S/C25H23F3N2O5/c26-25(27,28)18-12-10-17(11-13-18)22-29-20(16-7-3-1-4-8-16)15-21(30-22)35-14-6-2-5-9-19(23(31)32)24(33)34/h1,3-4,7-8,10-13,15,19H,2,5-6,9,14H2,(H,31,32)(H,33,34). The van der Waals surface area contributed by atoms with Gasteiger partial charge in [-0.05, 0) is 25.0 Å². The molecule has 7 nitrogen and oxygen atoms in total. The molecule has 1 heterocycles. The summed E-state index contributed by atoms with van der Waals surface area (Å²) in [6, 6.07) is 15.4. The van der Waals surface area contributed by atoms with Gasteiger partial charge in [0.15, 0.2) is 11.7 Å². The first-order valence-corrected chi connectivity index (χ1v) is 10.9. The monoisotopic (exact) mass is 488 g/mol. The van der Waals surface area contributed by atoms with Crippen LogP contribution in [-0.2, 0) is 15.8 Å². The summed E-state index contributed by atoms with van der Waals surface area (Å²) in [5.74, 6) is -3.71. The molecule has 0 saturated heterocycles. The Morgan fingerprint density at radius 1 is 0.857 bits per heavy atom. The molecule has 0 spiro atoms. The molecule has 0 fully saturated rings. The minimum atomic E-state index is -4.45. The van der Waals surface area contributed by atoms with E-state index in [2.05, 4.69) is 9.97 Å². The molecule has 0 radical (unpaired) electrons. The Kier molecular flexibility index (Phi) is 8.40. The van der Waals surface area contributed by atoms with Gasteiger partial charge in [-0.15, -0.1) is 0 Å². The average Bonchev–Trinajstić information content (AvgIpc) is 2.83. The Morgan fingerprint density at radius 2 is 1.51 bits per heavy atom. The number of carboxylic acid groups (broad SMARTS) is 2. The van der Waals surface area contributed by atoms with E-state index in [-0.39, 0.29) is 24.7 Å². The zero-order chi connectivity index (χ0) is 25.4. The van der Waals surface area contributed by atoms with E-state index in [1.807, 2.05) is 30.3 Å². The average molecular weight is 488 g/mol. The molecule has 3 aromatic rings. The highest BCUT2D eigenvalue weighted by Crippen LogP contribution is 2.31. The Morgan fingerprint density at radius 3 is 2.11 bits per heavy atom. The lowest BCUT2D eigenvalue weighted by atomic mass is 10.0. The second kappa shape index (κ2) is 11.5. The van der Waals surface area contributed by atoms with Gasteiger partial charge in [0.05, 0.1) is 17.9 Å². The number of alkyl halides is 3. The number of carboxylic acids is 2. The van der Waals surface area contributed by atoms with Crippen LogP contribution in [0.15, 0.2) is 60.7 Å². The van der Waals surface area contributed by atoms with Gasteiger partial charge in [0.1, 0.15) is 0 Å². The van der Waals surface area contributed by atoms with Crippen molar-refractivity contribution in [3.8, 4) is 28.5 Å². The first-order valence-electron chi connectivity index (χ1n) is 10.9. The summed E-state index contributed by atoms with van der Waals surface area (Å²) in [5.41, 5.74) is 0.941. The number of unbranched alkanes of at least 4 members (excludes halogenated alkanes) is 2. The summed E-state index contributed by atoms with van der Waals surface area (Å²) in [7, 11) is 0. The van der Waals surface area contributed by atoms with Crippen LogP contribution in [0.1, 0.15) is 31.2 Å². The second-order valence-corrected chi connectivity index (χ2v) is 7.78. The van der Waals surface area contributed by atoms with E-state index in [1.54, 1.807) is 6.07 Å². The molecule has 0 aliphatic carbocycles. The molecule has 0 atom stereocenters. The zero-order valence-electron chi connectivity index (χ0n) is 18.5. The van der Waals surface area contributed by atoms with Gasteiger partial charge in [-0.1, -0.05) is 55.3 Å². The van der Waals surface area contributed by atoms with Gasteiger partial charge in [-0.25, -0.2) is 4.98 Å². The Labute approximate surface area is 199 Å². The number of hydrogen-bond acceptors (Lipinski definition) is 5. The number of aliphatic carboxylic acids is 2. The molecule has 0 aliphatic rings. The molecule has 0 amide bonds. The molecule has 2 aromatic carbocycles. The molecule has 10 heteroatoms. The third kappa shape index (κ3) is 7.26. The number of aromatic nitrogens is 2. The molecule has 0 aliphatic heterocycles. The van der Waals surface area contributed by atoms with Crippen molar-refractivity contribution in [3.63, 3.8) is 0 Å². The number of nitrogens with zero attached hydrogens (tertiary/aromatic N) is 2. The molecule has 0 unspecified atom stereocenters. The first-order chi connectivity index (χ1) is 16.6. The molecule has 184 valence electrons. The summed E-state index contributed by atoms with van der Waals surface area (Å²) < 4.78 is 44.5. The maximum Gasteiger partial charge on any atom is 0.416 e. The van der Waals surface area contributed by atoms with Gasteiger partial charge < -0.3 is 14.9 Å². The number of halogens is 3. The van der Waals surface area contributed by atoms with Crippen molar-refractivity contribution in [2.45, 2.75) is 31.9 Å². The predicted octanol–water partition coefficient (Wildman–Crippen LogP) is 5.55. The fourth-order valence-electron chi connectivity index (χ4n) is 3.35. The predicted molar refractivity (Wildman–Crippen MR) is 121 cm³/mol. The van der Waals surface area contributed by atoms with Crippen molar-refractivity contribution in [1.82, 2.24) is 9.97 Å². The largest absolute Gasteiger partial charge is 0.481 e. The van der Waals surface area contributed by atoms with E-state index < -0.39 is 29.6 Å². The first kappa shape index (κ1) is 25.7. The number of benzene rings is 2. The normalized spacial score (nSPS) is 11.4. The van der Waals surface area contributed by atoms with Crippen LogP contribution in [0.25, 0.3) is 22.6 Å². The van der Waals surface area contributed by atoms with E-state index in [0.717, 1.165) is 17.7 Å². The highest BCUT2D eigenvalue weighted by Gasteiger charge is 2.30. The lowest BCUT2D eigenvalue weighted by Crippen LogP contribution is -2.23. The molecular weight excluding hydrogens is 465 g/mol. The van der Waals surface area contributed by atoms with Crippen LogP contribution in [0.2, 0.25) is 0 Å². The number of hydrogen-bond donors (Lipinski definition) is 2. The van der Waals surface area contributed by atoms with Crippen LogP contribution in [0, 0.1) is 5.92 Å². The van der Waals surface area contributed by atoms with Crippen molar-refractivity contribution in [3.05, 3.63) is 66.2 Å². The van der Waals surface area contributed by atoms with Gasteiger partial charge in [0.25, 0.3) is 0 Å². The fourth-order valence-corrected chi connectivity index (χ4v) is 3.35. The Balaban J connectivity index is 1.71. The van der Waals surface area contributed by atoms with Crippen molar-refractivity contribution in [2.24, 2.45) is 5.92 Å². The van der Waals surface area contributed by atoms with Gasteiger partial charge in [0, 0.05) is 17.2 Å². The summed E-state index contributed by atoms with van der Waals surface area (Å²) in [4.78, 5) is 30.7. The Bertz CT molecular complexity index is 1140. The lowest BCUT2D eigenvalue weighted by molar-refractivity contribution is -0.154. The maximum atomic E-state index is 12.9. The van der Waals surface area contributed by atoms with Crippen molar-refractivity contribution in [2.75, 3.05) is 6.61 Å². The third-order valence-corrected chi connectivity index (χ3v) is 5.23. The number of carbonyl (C=O) groups is 2. The number of rotatable bonds is 11. The minimum Gasteiger partial charge on any atom is -0.481 e. The van der Waals surface area contributed by atoms with Crippen molar-refractivity contribution >= 4 is 11.9 Å². The van der Waals surface area contributed by atoms with E-state index in [4.69, 9.17) is 14.9 Å². The summed E-state index contributed by atoms with van der Waals surface area (Å²) in [5, 5.41) is 17.8. The van der Waals surface area contributed by atoms with Gasteiger partial charge in [-0.2, -0.15) is 18.2 Å². The van der Waals surface area contributed by atoms with Gasteiger partial charge >= 0.3 is 18.1 Å². The SMILES string of the molecule is O=C(O)C(CCCCCOc1cc(-c2ccccc2)nc(-c2ccc(C(F)(F)F)cc2)n1)C(=O)O. The minimum absolute atomic E-state index is 0.0222. The molecule has 3 rings (SSSR count). The van der Waals surface area contributed by atoms with Crippen LogP contribution in [0.4, 0.5) is 13.2 Å². The summed E-state index contributed by atoms with van der Waals surface area (Å²) >= 11 is 0. The van der Waals surface area contributed by atoms with E-state index >= 15 is 0 Å². The van der Waals surface area contributed by atoms with Crippen LogP contribution in [0.3, 0.4) is 0 Å². The van der Waals surface area contributed by atoms with E-state index in [9.17, 15) is 22.8 Å². The number of ether oxygens (including phenoxy) is 1. The smallest absolute Gasteiger partial charge is 0.416 e. The lowest BCUT2D eigenvalue weighted by Gasteiger charge is -2.11. The highest BCUT2D eigenvalue weighted by atomic mass is 19.4. The van der Waals surface area contributed by atoms with Crippen LogP contribution < -0.4 is 4.74 Å². The zero-order valence-corrected chi connectivity index (χ0v) is 18.5. The van der Waals surface area contributed by atoms with Crippen LogP contribution >= 0.6 is 0 Å². The van der Waals surface area contributed by atoms with Crippen molar-refractivity contribution in [1.29, 1.82) is 0 Å². The molecule has 35 heavy (non-hydrogen) atoms. The molecule has 0 bridgehead atoms.